The van der Waals surface area contributed by atoms with Gasteiger partial charge in [0.15, 0.2) is 5.65 Å². The van der Waals surface area contributed by atoms with Crippen LogP contribution in [0.2, 0.25) is 0 Å². The summed E-state index contributed by atoms with van der Waals surface area (Å²) in [6, 6.07) is 9.02. The summed E-state index contributed by atoms with van der Waals surface area (Å²) >= 11 is 0. The van der Waals surface area contributed by atoms with Gasteiger partial charge in [0.05, 0.1) is 0 Å². The van der Waals surface area contributed by atoms with E-state index in [1.165, 1.54) is 16.5 Å². The monoisotopic (exact) mass is 306 g/mol. The highest BCUT2D eigenvalue weighted by Crippen LogP contribution is 2.19. The Labute approximate surface area is 120 Å². The smallest absolute Gasteiger partial charge is 0.267 e. The topological polar surface area (TPSA) is 76.4 Å². The first-order chi connectivity index (χ1) is 9.97. The third-order valence-corrected chi connectivity index (χ3v) is 4.26. The van der Waals surface area contributed by atoms with Gasteiger partial charge in [-0.25, -0.2) is 17.5 Å². The zero-order valence-corrected chi connectivity index (χ0v) is 11.8. The van der Waals surface area contributed by atoms with E-state index in [1.54, 1.807) is 31.3 Å². The number of hydrogen-bond donors (Lipinski definition) is 1. The normalized spacial score (nSPS) is 11.7. The molecule has 1 aromatic carbocycles. The molecule has 0 aliphatic rings. The summed E-state index contributed by atoms with van der Waals surface area (Å²) in [5, 5.41) is 7.59. The predicted octanol–water partition coefficient (Wildman–Crippen LogP) is 1.98. The Morgan fingerprint density at radius 1 is 1.19 bits per heavy atom. The number of anilines is 1. The summed E-state index contributed by atoms with van der Waals surface area (Å²) in [5.41, 5.74) is 1.13. The van der Waals surface area contributed by atoms with Crippen LogP contribution in [0.4, 0.5) is 10.3 Å². The number of benzene rings is 1. The van der Waals surface area contributed by atoms with Gasteiger partial charge in [0.2, 0.25) is 5.95 Å². The van der Waals surface area contributed by atoms with Gasteiger partial charge in [-0.2, -0.15) is 0 Å². The summed E-state index contributed by atoms with van der Waals surface area (Å²) in [5.74, 6) is -0.812. The molecule has 108 valence electrons. The van der Waals surface area contributed by atoms with Gasteiger partial charge in [-0.05, 0) is 36.8 Å². The Hall–Kier alpha value is -2.48. The standard InChI is InChI=1S/C13H11FN4O2S/c1-9-5-6-10(14)11(8-9)21(19,20)17-13-16-15-12-4-2-3-7-18(12)13/h2-8H,1H3,(H,16,17). The minimum absolute atomic E-state index is 0.00602. The van der Waals surface area contributed by atoms with Crippen LogP contribution in [-0.4, -0.2) is 23.0 Å². The molecule has 0 saturated heterocycles. The second-order valence-corrected chi connectivity index (χ2v) is 6.14. The lowest BCUT2D eigenvalue weighted by atomic mass is 10.2. The number of halogens is 1. The molecule has 1 N–H and O–H groups in total. The van der Waals surface area contributed by atoms with Crippen LogP contribution >= 0.6 is 0 Å². The van der Waals surface area contributed by atoms with Crippen LogP contribution < -0.4 is 4.72 Å². The third kappa shape index (κ3) is 2.45. The van der Waals surface area contributed by atoms with Crippen molar-refractivity contribution in [3.05, 3.63) is 54.0 Å². The van der Waals surface area contributed by atoms with Crippen LogP contribution in [0.5, 0.6) is 0 Å². The van der Waals surface area contributed by atoms with Crippen molar-refractivity contribution in [2.75, 3.05) is 4.72 Å². The van der Waals surface area contributed by atoms with Gasteiger partial charge in [-0.3, -0.25) is 4.40 Å². The highest BCUT2D eigenvalue weighted by molar-refractivity contribution is 7.92. The van der Waals surface area contributed by atoms with E-state index in [-0.39, 0.29) is 5.95 Å². The Morgan fingerprint density at radius 3 is 2.81 bits per heavy atom. The fraction of sp³-hybridized carbons (Fsp3) is 0.0769. The molecule has 8 heteroatoms. The van der Waals surface area contributed by atoms with Gasteiger partial charge in [-0.1, -0.05) is 12.1 Å². The van der Waals surface area contributed by atoms with Crippen LogP contribution in [0.3, 0.4) is 0 Å². The Morgan fingerprint density at radius 2 is 2.00 bits per heavy atom. The van der Waals surface area contributed by atoms with E-state index >= 15 is 0 Å². The van der Waals surface area contributed by atoms with Gasteiger partial charge in [-0.15, -0.1) is 10.2 Å². The quantitative estimate of drug-likeness (QED) is 0.802. The van der Waals surface area contributed by atoms with Crippen molar-refractivity contribution in [2.45, 2.75) is 11.8 Å². The van der Waals surface area contributed by atoms with E-state index in [0.29, 0.717) is 11.2 Å². The van der Waals surface area contributed by atoms with Gasteiger partial charge in [0.25, 0.3) is 10.0 Å². The molecule has 0 bridgehead atoms. The summed E-state index contributed by atoms with van der Waals surface area (Å²) < 4.78 is 42.0. The molecule has 0 spiro atoms. The lowest BCUT2D eigenvalue weighted by Crippen LogP contribution is -2.16. The van der Waals surface area contributed by atoms with Crippen molar-refractivity contribution in [1.29, 1.82) is 0 Å². The van der Waals surface area contributed by atoms with Crippen molar-refractivity contribution in [3.8, 4) is 0 Å². The molecule has 3 aromatic rings. The lowest BCUT2D eigenvalue weighted by molar-refractivity contribution is 0.569. The number of hydrogen-bond acceptors (Lipinski definition) is 4. The maximum Gasteiger partial charge on any atom is 0.267 e. The second-order valence-electron chi connectivity index (χ2n) is 4.49. The van der Waals surface area contributed by atoms with Crippen molar-refractivity contribution >= 4 is 21.6 Å². The minimum atomic E-state index is -4.08. The summed E-state index contributed by atoms with van der Waals surface area (Å²) in [6.07, 6.45) is 1.61. The van der Waals surface area contributed by atoms with Crippen molar-refractivity contribution in [2.24, 2.45) is 0 Å². The first-order valence-electron chi connectivity index (χ1n) is 6.06. The lowest BCUT2D eigenvalue weighted by Gasteiger charge is -2.08. The number of pyridine rings is 1. The Bertz CT molecular complexity index is 921. The molecule has 0 unspecified atom stereocenters. The molecule has 0 fully saturated rings. The molecule has 0 atom stereocenters. The van der Waals surface area contributed by atoms with E-state index in [2.05, 4.69) is 14.9 Å². The van der Waals surface area contributed by atoms with Crippen LogP contribution in [0, 0.1) is 12.7 Å². The van der Waals surface area contributed by atoms with E-state index in [1.807, 2.05) is 0 Å². The molecule has 0 radical (unpaired) electrons. The molecule has 2 heterocycles. The molecular weight excluding hydrogens is 295 g/mol. The molecule has 0 aliphatic carbocycles. The van der Waals surface area contributed by atoms with Gasteiger partial charge < -0.3 is 0 Å². The molecule has 0 aliphatic heterocycles. The van der Waals surface area contributed by atoms with Crippen molar-refractivity contribution in [3.63, 3.8) is 0 Å². The molecule has 2 aromatic heterocycles. The largest absolute Gasteiger partial charge is 0.268 e. The SMILES string of the molecule is Cc1ccc(F)c(S(=O)(=O)Nc2nnc3ccccn23)c1. The van der Waals surface area contributed by atoms with Gasteiger partial charge in [0, 0.05) is 6.20 Å². The molecular formula is C13H11FN4O2S. The maximum absolute atomic E-state index is 13.7. The number of aromatic nitrogens is 3. The van der Waals surface area contributed by atoms with Crippen molar-refractivity contribution < 1.29 is 12.8 Å². The zero-order valence-electron chi connectivity index (χ0n) is 11.0. The van der Waals surface area contributed by atoms with Gasteiger partial charge in [0.1, 0.15) is 10.7 Å². The number of rotatable bonds is 3. The number of fused-ring (bicyclic) bond motifs is 1. The van der Waals surface area contributed by atoms with Crippen LogP contribution in [0.25, 0.3) is 5.65 Å². The summed E-state index contributed by atoms with van der Waals surface area (Å²) in [6.45, 7) is 1.69. The van der Waals surface area contributed by atoms with Gasteiger partial charge >= 0.3 is 0 Å². The molecule has 0 saturated carbocycles. The molecule has 21 heavy (non-hydrogen) atoms. The Kier molecular flexibility index (Phi) is 3.09. The van der Waals surface area contributed by atoms with Crippen LogP contribution in [0.1, 0.15) is 5.56 Å². The first kappa shape index (κ1) is 13.5. The molecule has 3 rings (SSSR count). The fourth-order valence-electron chi connectivity index (χ4n) is 1.90. The van der Waals surface area contributed by atoms with E-state index in [4.69, 9.17) is 0 Å². The zero-order chi connectivity index (χ0) is 15.0. The van der Waals surface area contributed by atoms with E-state index < -0.39 is 20.7 Å². The summed E-state index contributed by atoms with van der Waals surface area (Å²) in [7, 11) is -4.08. The number of aryl methyl sites for hydroxylation is 1. The fourth-order valence-corrected chi connectivity index (χ4v) is 3.06. The highest BCUT2D eigenvalue weighted by Gasteiger charge is 2.21. The Balaban J connectivity index is 2.05. The number of nitrogens with zero attached hydrogens (tertiary/aromatic N) is 3. The third-order valence-electron chi connectivity index (χ3n) is 2.92. The van der Waals surface area contributed by atoms with E-state index in [9.17, 15) is 12.8 Å². The average Bonchev–Trinajstić information content (AvgIpc) is 2.84. The van der Waals surface area contributed by atoms with Crippen LogP contribution in [-0.2, 0) is 10.0 Å². The first-order valence-corrected chi connectivity index (χ1v) is 7.54. The number of sulfonamides is 1. The van der Waals surface area contributed by atoms with Crippen LogP contribution in [0.15, 0.2) is 47.5 Å². The van der Waals surface area contributed by atoms with E-state index in [0.717, 1.165) is 6.07 Å². The van der Waals surface area contributed by atoms with Crippen molar-refractivity contribution in [1.82, 2.24) is 14.6 Å². The average molecular weight is 306 g/mol. The second kappa shape index (κ2) is 4.81. The summed E-state index contributed by atoms with van der Waals surface area (Å²) in [4.78, 5) is -0.421. The predicted molar refractivity (Wildman–Crippen MR) is 74.9 cm³/mol. The molecule has 6 nitrogen and oxygen atoms in total. The number of nitrogens with one attached hydrogen (secondary N) is 1. The maximum atomic E-state index is 13.7. The minimum Gasteiger partial charge on any atom is -0.268 e. The molecule has 0 amide bonds. The highest BCUT2D eigenvalue weighted by atomic mass is 32.2.